The molecule has 0 bridgehead atoms. The Morgan fingerprint density at radius 3 is 2.69 bits per heavy atom. The molecule has 1 heterocycles. The first-order valence-electron chi connectivity index (χ1n) is 8.04. The van der Waals surface area contributed by atoms with E-state index in [0.29, 0.717) is 11.1 Å². The number of hydrogen-bond acceptors (Lipinski definition) is 3. The van der Waals surface area contributed by atoms with Crippen molar-refractivity contribution < 1.29 is 4.79 Å². The van der Waals surface area contributed by atoms with Gasteiger partial charge in [-0.1, -0.05) is 30.3 Å². The number of hydrogen-bond donors (Lipinski definition) is 1. The van der Waals surface area contributed by atoms with Crippen molar-refractivity contribution in [1.82, 2.24) is 9.55 Å². The number of primary amides is 1. The molecule has 4 rings (SSSR count). The highest BCUT2D eigenvalue weighted by molar-refractivity contribution is 6.00. The summed E-state index contributed by atoms with van der Waals surface area (Å²) in [6, 6.07) is 22.6. The van der Waals surface area contributed by atoms with Crippen LogP contribution in [0.2, 0.25) is 0 Å². The molecule has 0 aliphatic heterocycles. The quantitative estimate of drug-likeness (QED) is 0.618. The van der Waals surface area contributed by atoms with Gasteiger partial charge >= 0.3 is 0 Å². The van der Waals surface area contributed by atoms with Crippen molar-refractivity contribution in [2.45, 2.75) is 0 Å². The lowest BCUT2D eigenvalue weighted by molar-refractivity contribution is 0.100. The van der Waals surface area contributed by atoms with Gasteiger partial charge in [0.15, 0.2) is 0 Å². The van der Waals surface area contributed by atoms with Crippen LogP contribution in [-0.2, 0) is 0 Å². The SMILES string of the molecule is N#Cc1ccc2c(c1)ncn2-c1cccc(-c2ccccc2C(N)=O)c1. The summed E-state index contributed by atoms with van der Waals surface area (Å²) in [5, 5.41) is 9.03. The zero-order chi connectivity index (χ0) is 18.1. The molecule has 26 heavy (non-hydrogen) atoms. The van der Waals surface area contributed by atoms with E-state index in [1.165, 1.54) is 0 Å². The minimum Gasteiger partial charge on any atom is -0.366 e. The summed E-state index contributed by atoms with van der Waals surface area (Å²) in [4.78, 5) is 16.1. The van der Waals surface area contributed by atoms with Crippen molar-refractivity contribution in [2.75, 3.05) is 0 Å². The normalized spacial score (nSPS) is 10.6. The summed E-state index contributed by atoms with van der Waals surface area (Å²) in [7, 11) is 0. The smallest absolute Gasteiger partial charge is 0.249 e. The number of imidazole rings is 1. The molecule has 5 heteroatoms. The molecule has 1 aromatic heterocycles. The van der Waals surface area contributed by atoms with E-state index >= 15 is 0 Å². The highest BCUT2D eigenvalue weighted by atomic mass is 16.1. The van der Waals surface area contributed by atoms with E-state index in [2.05, 4.69) is 11.1 Å². The Hall–Kier alpha value is -3.91. The van der Waals surface area contributed by atoms with Gasteiger partial charge in [0.1, 0.15) is 6.33 Å². The van der Waals surface area contributed by atoms with Gasteiger partial charge in [-0.05, 0) is 47.5 Å². The van der Waals surface area contributed by atoms with E-state index in [9.17, 15) is 4.79 Å². The minimum atomic E-state index is -0.455. The summed E-state index contributed by atoms with van der Waals surface area (Å²) in [5.41, 5.74) is 10.8. The van der Waals surface area contributed by atoms with Crippen LogP contribution < -0.4 is 5.73 Å². The lowest BCUT2D eigenvalue weighted by Gasteiger charge is -2.10. The van der Waals surface area contributed by atoms with E-state index in [4.69, 9.17) is 11.0 Å². The summed E-state index contributed by atoms with van der Waals surface area (Å²) >= 11 is 0. The van der Waals surface area contributed by atoms with Gasteiger partial charge in [0.25, 0.3) is 0 Å². The molecule has 1 amide bonds. The van der Waals surface area contributed by atoms with Crippen LogP contribution in [0, 0.1) is 11.3 Å². The van der Waals surface area contributed by atoms with Crippen LogP contribution >= 0.6 is 0 Å². The van der Waals surface area contributed by atoms with E-state index in [0.717, 1.165) is 27.8 Å². The summed E-state index contributed by atoms with van der Waals surface area (Å²) in [5.74, 6) is -0.455. The fourth-order valence-electron chi connectivity index (χ4n) is 3.06. The topological polar surface area (TPSA) is 84.7 Å². The van der Waals surface area contributed by atoms with Gasteiger partial charge in [0.2, 0.25) is 5.91 Å². The van der Waals surface area contributed by atoms with Gasteiger partial charge in [-0.25, -0.2) is 4.98 Å². The van der Waals surface area contributed by atoms with E-state index in [1.807, 2.05) is 47.0 Å². The summed E-state index contributed by atoms with van der Waals surface area (Å²) in [6.45, 7) is 0. The van der Waals surface area contributed by atoms with Crippen LogP contribution in [0.3, 0.4) is 0 Å². The van der Waals surface area contributed by atoms with Gasteiger partial charge in [-0.2, -0.15) is 5.26 Å². The first kappa shape index (κ1) is 15.6. The standard InChI is InChI=1S/C21H14N4O/c22-12-14-8-9-20-19(10-14)24-13-25(20)16-5-3-4-15(11-16)17-6-1-2-7-18(17)21(23)26/h1-11,13H,(H2,23,26). The lowest BCUT2D eigenvalue weighted by atomic mass is 9.99. The molecule has 0 aliphatic carbocycles. The number of carbonyl (C=O) groups is 1. The molecule has 5 nitrogen and oxygen atoms in total. The molecule has 0 fully saturated rings. The number of fused-ring (bicyclic) bond motifs is 1. The van der Waals surface area contributed by atoms with Gasteiger partial charge in [0.05, 0.1) is 22.7 Å². The second-order valence-electron chi connectivity index (χ2n) is 5.89. The third-order valence-corrected chi connectivity index (χ3v) is 4.30. The predicted molar refractivity (Wildman–Crippen MR) is 99.7 cm³/mol. The van der Waals surface area contributed by atoms with Gasteiger partial charge in [-0.15, -0.1) is 0 Å². The van der Waals surface area contributed by atoms with Gasteiger partial charge in [-0.3, -0.25) is 9.36 Å². The van der Waals surface area contributed by atoms with Crippen LogP contribution in [-0.4, -0.2) is 15.5 Å². The third-order valence-electron chi connectivity index (χ3n) is 4.30. The van der Waals surface area contributed by atoms with Crippen molar-refractivity contribution in [2.24, 2.45) is 5.73 Å². The van der Waals surface area contributed by atoms with Crippen molar-refractivity contribution in [3.8, 4) is 22.9 Å². The van der Waals surface area contributed by atoms with Crippen molar-refractivity contribution in [1.29, 1.82) is 5.26 Å². The number of nitriles is 1. The molecule has 0 spiro atoms. The zero-order valence-electron chi connectivity index (χ0n) is 13.8. The van der Waals surface area contributed by atoms with Crippen molar-refractivity contribution in [3.05, 3.63) is 84.2 Å². The van der Waals surface area contributed by atoms with Crippen molar-refractivity contribution >= 4 is 16.9 Å². The van der Waals surface area contributed by atoms with Crippen molar-refractivity contribution in [3.63, 3.8) is 0 Å². The monoisotopic (exact) mass is 338 g/mol. The van der Waals surface area contributed by atoms with Crippen LogP contribution in [0.5, 0.6) is 0 Å². The van der Waals surface area contributed by atoms with Crippen LogP contribution in [0.1, 0.15) is 15.9 Å². The molecule has 0 unspecified atom stereocenters. The number of rotatable bonds is 3. The zero-order valence-corrected chi connectivity index (χ0v) is 13.8. The molecule has 0 radical (unpaired) electrons. The summed E-state index contributed by atoms with van der Waals surface area (Å²) < 4.78 is 1.95. The number of carbonyl (C=O) groups excluding carboxylic acids is 1. The molecule has 0 atom stereocenters. The van der Waals surface area contributed by atoms with Gasteiger partial charge < -0.3 is 5.73 Å². The lowest BCUT2D eigenvalue weighted by Crippen LogP contribution is -2.12. The second-order valence-corrected chi connectivity index (χ2v) is 5.89. The van der Waals surface area contributed by atoms with E-state index < -0.39 is 5.91 Å². The fraction of sp³-hybridized carbons (Fsp3) is 0. The summed E-state index contributed by atoms with van der Waals surface area (Å²) in [6.07, 6.45) is 1.73. The Balaban J connectivity index is 1.85. The van der Waals surface area contributed by atoms with Crippen LogP contribution in [0.15, 0.2) is 73.1 Å². The maximum atomic E-state index is 11.7. The Morgan fingerprint density at radius 2 is 1.88 bits per heavy atom. The van der Waals surface area contributed by atoms with Crippen LogP contribution in [0.4, 0.5) is 0 Å². The second kappa shape index (κ2) is 6.19. The van der Waals surface area contributed by atoms with E-state index in [-0.39, 0.29) is 0 Å². The Kier molecular flexibility index (Phi) is 3.71. The number of aromatic nitrogens is 2. The first-order valence-corrected chi connectivity index (χ1v) is 8.04. The molecular formula is C21H14N4O. The highest BCUT2D eigenvalue weighted by Gasteiger charge is 2.11. The average Bonchev–Trinajstić information content (AvgIpc) is 3.11. The van der Waals surface area contributed by atoms with Gasteiger partial charge in [0, 0.05) is 11.3 Å². The Bertz CT molecular complexity index is 1180. The molecule has 124 valence electrons. The molecule has 2 N–H and O–H groups in total. The molecule has 0 saturated heterocycles. The Labute approximate surface area is 149 Å². The largest absolute Gasteiger partial charge is 0.366 e. The maximum absolute atomic E-state index is 11.7. The number of nitrogens with zero attached hydrogens (tertiary/aromatic N) is 3. The third kappa shape index (κ3) is 2.60. The highest BCUT2D eigenvalue weighted by Crippen LogP contribution is 2.27. The molecule has 4 aromatic rings. The number of nitrogens with two attached hydrogens (primary N) is 1. The maximum Gasteiger partial charge on any atom is 0.249 e. The Morgan fingerprint density at radius 1 is 1.04 bits per heavy atom. The fourth-order valence-corrected chi connectivity index (χ4v) is 3.06. The minimum absolute atomic E-state index is 0.455. The predicted octanol–water partition coefficient (Wildman–Crippen LogP) is 3.66. The molecule has 0 aliphatic rings. The molecular weight excluding hydrogens is 324 g/mol. The van der Waals surface area contributed by atoms with Crippen LogP contribution in [0.25, 0.3) is 27.8 Å². The van der Waals surface area contributed by atoms with E-state index in [1.54, 1.807) is 30.6 Å². The number of benzene rings is 3. The first-order chi connectivity index (χ1) is 12.7. The average molecular weight is 338 g/mol. The molecule has 0 saturated carbocycles. The molecule has 3 aromatic carbocycles. The number of amides is 1.